The highest BCUT2D eigenvalue weighted by atomic mass is 16.5. The lowest BCUT2D eigenvalue weighted by atomic mass is 9.98. The average molecular weight is 339 g/mol. The third kappa shape index (κ3) is 3.22. The molecule has 25 heavy (non-hydrogen) atoms. The Morgan fingerprint density at radius 2 is 2.00 bits per heavy atom. The van der Waals surface area contributed by atoms with Crippen LogP contribution in [-0.2, 0) is 9.53 Å². The first-order valence-electron chi connectivity index (χ1n) is 9.10. The van der Waals surface area contributed by atoms with Crippen LogP contribution in [0.4, 0.5) is 0 Å². The average Bonchev–Trinajstić information content (AvgIpc) is 3.12. The van der Waals surface area contributed by atoms with Crippen LogP contribution in [0.3, 0.4) is 0 Å². The second-order valence-corrected chi connectivity index (χ2v) is 6.84. The number of nitrogens with one attached hydrogen (secondary N) is 1. The van der Waals surface area contributed by atoms with Crippen LogP contribution in [0.2, 0.25) is 0 Å². The van der Waals surface area contributed by atoms with Gasteiger partial charge in [-0.2, -0.15) is 0 Å². The molecule has 5 nitrogen and oxygen atoms in total. The number of H-pyrrole nitrogens is 1. The van der Waals surface area contributed by atoms with Crippen LogP contribution in [-0.4, -0.2) is 66.1 Å². The lowest BCUT2D eigenvalue weighted by Gasteiger charge is -2.35. The molecular formula is C20H25N3O2. The van der Waals surface area contributed by atoms with Gasteiger partial charge in [-0.3, -0.25) is 9.69 Å². The Morgan fingerprint density at radius 3 is 2.76 bits per heavy atom. The number of carbonyl (C=O) groups excluding carboxylic acids is 1. The number of rotatable bonds is 3. The zero-order valence-corrected chi connectivity index (χ0v) is 14.7. The largest absolute Gasteiger partial charge is 0.378 e. The molecule has 0 aliphatic carbocycles. The maximum atomic E-state index is 12.7. The molecule has 2 aliphatic rings. The number of aromatic nitrogens is 1. The van der Waals surface area contributed by atoms with Gasteiger partial charge in [-0.1, -0.05) is 24.3 Å². The van der Waals surface area contributed by atoms with Crippen molar-refractivity contribution in [3.8, 4) is 0 Å². The molecule has 0 spiro atoms. The molecule has 1 aromatic heterocycles. The molecule has 0 saturated carbocycles. The molecular weight excluding hydrogens is 314 g/mol. The van der Waals surface area contributed by atoms with Crippen LogP contribution in [0.15, 0.2) is 36.5 Å². The van der Waals surface area contributed by atoms with Crippen LogP contribution in [0.5, 0.6) is 0 Å². The van der Waals surface area contributed by atoms with Gasteiger partial charge in [0.2, 0.25) is 5.91 Å². The minimum absolute atomic E-state index is 0.0705. The van der Waals surface area contributed by atoms with Gasteiger partial charge in [0, 0.05) is 48.8 Å². The van der Waals surface area contributed by atoms with Crippen molar-refractivity contribution in [2.75, 3.05) is 39.4 Å². The highest BCUT2D eigenvalue weighted by Gasteiger charge is 2.28. The lowest BCUT2D eigenvalue weighted by molar-refractivity contribution is -0.140. The van der Waals surface area contributed by atoms with Gasteiger partial charge >= 0.3 is 0 Å². The van der Waals surface area contributed by atoms with Crippen molar-refractivity contribution in [1.29, 1.82) is 0 Å². The summed E-state index contributed by atoms with van der Waals surface area (Å²) in [6, 6.07) is 8.34. The van der Waals surface area contributed by atoms with E-state index in [1.54, 1.807) is 0 Å². The minimum Gasteiger partial charge on any atom is -0.378 e. The summed E-state index contributed by atoms with van der Waals surface area (Å²) in [5.41, 5.74) is 3.85. The van der Waals surface area contributed by atoms with E-state index >= 15 is 0 Å². The molecule has 3 heterocycles. The Morgan fingerprint density at radius 1 is 1.20 bits per heavy atom. The first-order valence-corrected chi connectivity index (χ1v) is 9.10. The molecule has 1 N–H and O–H groups in total. The van der Waals surface area contributed by atoms with Crippen molar-refractivity contribution < 1.29 is 9.53 Å². The van der Waals surface area contributed by atoms with Gasteiger partial charge in [0.1, 0.15) is 0 Å². The van der Waals surface area contributed by atoms with Crippen LogP contribution in [0, 0.1) is 0 Å². The number of para-hydroxylation sites is 1. The van der Waals surface area contributed by atoms with Crippen molar-refractivity contribution in [1.82, 2.24) is 14.8 Å². The first-order chi connectivity index (χ1) is 12.2. The number of morpholine rings is 1. The molecule has 0 unspecified atom stereocenters. The van der Waals surface area contributed by atoms with Crippen molar-refractivity contribution >= 4 is 22.4 Å². The SMILES string of the molecule is C[C@@H](C(=O)N1CCOCC1)N1CC=C(c2c[nH]c3ccccc23)CC1. The van der Waals surface area contributed by atoms with Crippen LogP contribution < -0.4 is 0 Å². The third-order valence-corrected chi connectivity index (χ3v) is 5.40. The number of fused-ring (bicyclic) bond motifs is 1. The Balaban J connectivity index is 1.45. The molecule has 1 fully saturated rings. The number of ether oxygens (including phenoxy) is 1. The van der Waals surface area contributed by atoms with Crippen LogP contribution >= 0.6 is 0 Å². The predicted octanol–water partition coefficient (Wildman–Crippen LogP) is 2.50. The van der Waals surface area contributed by atoms with E-state index in [2.05, 4.69) is 46.4 Å². The maximum Gasteiger partial charge on any atom is 0.239 e. The number of amides is 1. The van der Waals surface area contributed by atoms with Crippen molar-refractivity contribution in [3.05, 3.63) is 42.1 Å². The molecule has 4 rings (SSSR count). The van der Waals surface area contributed by atoms with Gasteiger partial charge < -0.3 is 14.6 Å². The number of hydrogen-bond donors (Lipinski definition) is 1. The summed E-state index contributed by atoms with van der Waals surface area (Å²) < 4.78 is 5.35. The Hall–Kier alpha value is -2.11. The van der Waals surface area contributed by atoms with Gasteiger partial charge in [-0.15, -0.1) is 0 Å². The topological polar surface area (TPSA) is 48.6 Å². The van der Waals surface area contributed by atoms with Gasteiger partial charge in [0.05, 0.1) is 19.3 Å². The molecule has 0 radical (unpaired) electrons. The van der Waals surface area contributed by atoms with Crippen LogP contribution in [0.1, 0.15) is 18.9 Å². The summed E-state index contributed by atoms with van der Waals surface area (Å²) in [4.78, 5) is 20.3. The summed E-state index contributed by atoms with van der Waals surface area (Å²) in [7, 11) is 0. The fourth-order valence-corrected chi connectivity index (χ4v) is 3.82. The predicted molar refractivity (Wildman–Crippen MR) is 99.3 cm³/mol. The molecule has 1 aromatic carbocycles. The van der Waals surface area contributed by atoms with Crippen molar-refractivity contribution in [2.24, 2.45) is 0 Å². The van der Waals surface area contributed by atoms with E-state index in [9.17, 15) is 4.79 Å². The van der Waals surface area contributed by atoms with Crippen LogP contribution in [0.25, 0.3) is 16.5 Å². The molecule has 5 heteroatoms. The lowest BCUT2D eigenvalue weighted by Crippen LogP contribution is -2.51. The van der Waals surface area contributed by atoms with Gasteiger partial charge in [-0.25, -0.2) is 0 Å². The smallest absolute Gasteiger partial charge is 0.239 e. The minimum atomic E-state index is -0.0705. The van der Waals surface area contributed by atoms with E-state index in [4.69, 9.17) is 4.74 Å². The first kappa shape index (κ1) is 16.4. The molecule has 0 bridgehead atoms. The van der Waals surface area contributed by atoms with Gasteiger partial charge in [0.25, 0.3) is 0 Å². The second kappa shape index (κ2) is 7.02. The summed E-state index contributed by atoms with van der Waals surface area (Å²) >= 11 is 0. The molecule has 1 amide bonds. The summed E-state index contributed by atoms with van der Waals surface area (Å²) in [5, 5.41) is 1.28. The zero-order valence-electron chi connectivity index (χ0n) is 14.7. The standard InChI is InChI=1S/C20H25N3O2/c1-15(20(24)23-10-12-25-13-11-23)22-8-6-16(7-9-22)18-14-21-19-5-3-2-4-17(18)19/h2-6,14-15,21H,7-13H2,1H3/t15-/m0/s1. The molecule has 2 aromatic rings. The molecule has 132 valence electrons. The highest BCUT2D eigenvalue weighted by Crippen LogP contribution is 2.29. The fourth-order valence-electron chi connectivity index (χ4n) is 3.82. The molecule has 2 aliphatic heterocycles. The highest BCUT2D eigenvalue weighted by molar-refractivity contribution is 5.92. The number of aromatic amines is 1. The van der Waals surface area contributed by atoms with Crippen molar-refractivity contribution in [3.63, 3.8) is 0 Å². The van der Waals surface area contributed by atoms with Gasteiger partial charge in [-0.05, 0) is 25.0 Å². The van der Waals surface area contributed by atoms with E-state index in [0.29, 0.717) is 26.3 Å². The van der Waals surface area contributed by atoms with E-state index < -0.39 is 0 Å². The number of nitrogens with zero attached hydrogens (tertiary/aromatic N) is 2. The Kier molecular flexibility index (Phi) is 4.59. The maximum absolute atomic E-state index is 12.7. The van der Waals surface area contributed by atoms with E-state index in [1.165, 1.54) is 22.0 Å². The van der Waals surface area contributed by atoms with E-state index in [1.807, 2.05) is 11.8 Å². The number of carbonyl (C=O) groups is 1. The summed E-state index contributed by atoms with van der Waals surface area (Å²) in [6.45, 7) is 6.52. The quantitative estimate of drug-likeness (QED) is 0.935. The Bertz CT molecular complexity index is 789. The third-order valence-electron chi connectivity index (χ3n) is 5.40. The number of benzene rings is 1. The van der Waals surface area contributed by atoms with Crippen molar-refractivity contribution in [2.45, 2.75) is 19.4 Å². The van der Waals surface area contributed by atoms with E-state index in [-0.39, 0.29) is 11.9 Å². The molecule has 1 atom stereocenters. The summed E-state index contributed by atoms with van der Waals surface area (Å²) in [5.74, 6) is 0.229. The second-order valence-electron chi connectivity index (χ2n) is 6.84. The monoisotopic (exact) mass is 339 g/mol. The van der Waals surface area contributed by atoms with Gasteiger partial charge in [0.15, 0.2) is 0 Å². The zero-order chi connectivity index (χ0) is 17.2. The Labute approximate surface area is 148 Å². The normalized spacial score (nSPS) is 20.5. The molecule has 1 saturated heterocycles. The fraction of sp³-hybridized carbons (Fsp3) is 0.450. The number of hydrogen-bond acceptors (Lipinski definition) is 3. The van der Waals surface area contributed by atoms with E-state index in [0.717, 1.165) is 19.5 Å². The summed E-state index contributed by atoms with van der Waals surface area (Å²) in [6.07, 6.45) is 5.36.